The van der Waals surface area contributed by atoms with E-state index < -0.39 is 0 Å². The number of rotatable bonds is 3. The minimum Gasteiger partial charge on any atom is -0.411 e. The molecule has 2 N–H and O–H groups in total. The van der Waals surface area contributed by atoms with Crippen molar-refractivity contribution < 1.29 is 10.0 Å². The van der Waals surface area contributed by atoms with Crippen LogP contribution in [0.2, 0.25) is 0 Å². The molecule has 88 valence electrons. The highest BCUT2D eigenvalue weighted by Crippen LogP contribution is 2.16. The maximum Gasteiger partial charge on any atom is 0.278 e. The quantitative estimate of drug-likeness (QED) is 0.499. The van der Waals surface area contributed by atoms with Gasteiger partial charge in [0.05, 0.1) is 0 Å². The van der Waals surface area contributed by atoms with Gasteiger partial charge in [0, 0.05) is 10.8 Å². The second-order valence-electron chi connectivity index (χ2n) is 2.97. The third-order valence-corrected chi connectivity index (χ3v) is 3.10. The Balaban J connectivity index is 2.10. The van der Waals surface area contributed by atoms with Crippen molar-refractivity contribution in [1.29, 1.82) is 0 Å². The van der Waals surface area contributed by atoms with E-state index in [1.54, 1.807) is 17.7 Å². The minimum absolute atomic E-state index is 0.249. The number of thiazole rings is 1. The van der Waals surface area contributed by atoms with Crippen molar-refractivity contribution in [3.8, 4) is 0 Å². The molecule has 0 fully saturated rings. The van der Waals surface area contributed by atoms with Gasteiger partial charge in [-0.15, -0.1) is 16.4 Å². The van der Waals surface area contributed by atoms with Crippen LogP contribution < -0.4 is 5.32 Å². The maximum atomic E-state index is 11.6. The summed E-state index contributed by atoms with van der Waals surface area (Å²) in [5.74, 6) is -0.363. The molecule has 0 radical (unpaired) electrons. The third-order valence-electron chi connectivity index (χ3n) is 1.84. The van der Waals surface area contributed by atoms with Crippen LogP contribution >= 0.6 is 22.9 Å². The number of aromatic nitrogens is 3. The number of nitrogens with zero attached hydrogens (tertiary/aromatic N) is 4. The Hall–Kier alpha value is -1.87. The smallest absolute Gasteiger partial charge is 0.278 e. The largest absolute Gasteiger partial charge is 0.411 e. The molecule has 7 nitrogen and oxygen atoms in total. The first-order chi connectivity index (χ1) is 8.20. The van der Waals surface area contributed by atoms with Crippen molar-refractivity contribution in [2.75, 3.05) is 5.32 Å². The first-order valence-electron chi connectivity index (χ1n) is 4.43. The standard InChI is InChI=1S/C8H7N5O2S2/c1-4(12-15)5-2-16-8(9-5)10-7(14)6-3-17-13-11-6/h2-3,15H,1H3,(H,9,10,14). The van der Waals surface area contributed by atoms with Crippen LogP contribution in [0.3, 0.4) is 0 Å². The van der Waals surface area contributed by atoms with E-state index in [2.05, 4.69) is 25.0 Å². The van der Waals surface area contributed by atoms with Crippen molar-refractivity contribution in [3.05, 3.63) is 22.1 Å². The van der Waals surface area contributed by atoms with Crippen LogP contribution in [0.15, 0.2) is 15.9 Å². The predicted molar refractivity (Wildman–Crippen MR) is 64.0 cm³/mol. The zero-order valence-corrected chi connectivity index (χ0v) is 10.2. The molecule has 0 saturated heterocycles. The van der Waals surface area contributed by atoms with E-state index in [1.807, 2.05) is 0 Å². The summed E-state index contributed by atoms with van der Waals surface area (Å²) in [5.41, 5.74) is 1.15. The average molecular weight is 269 g/mol. The van der Waals surface area contributed by atoms with E-state index in [9.17, 15) is 4.79 Å². The average Bonchev–Trinajstić information content (AvgIpc) is 2.98. The molecule has 0 aliphatic rings. The fourth-order valence-corrected chi connectivity index (χ4v) is 2.16. The number of hydrogen-bond acceptors (Lipinski definition) is 8. The van der Waals surface area contributed by atoms with Gasteiger partial charge in [-0.2, -0.15) is 0 Å². The van der Waals surface area contributed by atoms with Crippen molar-refractivity contribution >= 4 is 39.6 Å². The normalized spacial score (nSPS) is 11.5. The number of amides is 1. The molecule has 2 rings (SSSR count). The Labute approximate surface area is 104 Å². The van der Waals surface area contributed by atoms with Gasteiger partial charge >= 0.3 is 0 Å². The number of carbonyl (C=O) groups excluding carboxylic acids is 1. The molecule has 2 aromatic rings. The van der Waals surface area contributed by atoms with Crippen molar-refractivity contribution in [2.45, 2.75) is 6.92 Å². The summed E-state index contributed by atoms with van der Waals surface area (Å²) in [6.45, 7) is 1.62. The Morgan fingerprint density at radius 1 is 1.47 bits per heavy atom. The van der Waals surface area contributed by atoms with E-state index in [0.717, 1.165) is 11.5 Å². The predicted octanol–water partition coefficient (Wildman–Crippen LogP) is 1.45. The second kappa shape index (κ2) is 4.97. The number of oxime groups is 1. The maximum absolute atomic E-state index is 11.6. The minimum atomic E-state index is -0.363. The zero-order valence-electron chi connectivity index (χ0n) is 8.62. The Kier molecular flexibility index (Phi) is 3.40. The first kappa shape index (κ1) is 11.6. The lowest BCUT2D eigenvalue weighted by Crippen LogP contribution is -2.12. The van der Waals surface area contributed by atoms with Crippen LogP contribution in [0.25, 0.3) is 0 Å². The topological polar surface area (TPSA) is 100 Å². The number of nitrogens with one attached hydrogen (secondary N) is 1. The van der Waals surface area contributed by atoms with Crippen molar-refractivity contribution in [2.24, 2.45) is 5.16 Å². The highest BCUT2D eigenvalue weighted by Gasteiger charge is 2.12. The molecule has 0 aliphatic heterocycles. The van der Waals surface area contributed by atoms with Gasteiger partial charge in [0.25, 0.3) is 5.91 Å². The Bertz CT molecular complexity index is 548. The fourth-order valence-electron chi connectivity index (χ4n) is 0.973. The monoisotopic (exact) mass is 269 g/mol. The van der Waals surface area contributed by atoms with E-state index in [4.69, 9.17) is 5.21 Å². The number of hydrogen-bond donors (Lipinski definition) is 2. The second-order valence-corrected chi connectivity index (χ2v) is 4.44. The summed E-state index contributed by atoms with van der Waals surface area (Å²) in [5, 5.41) is 21.5. The Morgan fingerprint density at radius 2 is 2.29 bits per heavy atom. The molecule has 0 aromatic carbocycles. The van der Waals surface area contributed by atoms with Gasteiger partial charge in [0.15, 0.2) is 10.8 Å². The molecule has 0 unspecified atom stereocenters. The molecular weight excluding hydrogens is 262 g/mol. The highest BCUT2D eigenvalue weighted by molar-refractivity contribution is 7.14. The summed E-state index contributed by atoms with van der Waals surface area (Å²) >= 11 is 2.34. The van der Waals surface area contributed by atoms with Gasteiger partial charge in [0.2, 0.25) is 0 Å². The van der Waals surface area contributed by atoms with E-state index in [1.165, 1.54) is 11.3 Å². The third kappa shape index (κ3) is 2.63. The van der Waals surface area contributed by atoms with Crippen LogP contribution in [0.4, 0.5) is 5.13 Å². The fraction of sp³-hybridized carbons (Fsp3) is 0.125. The number of carbonyl (C=O) groups is 1. The highest BCUT2D eigenvalue weighted by atomic mass is 32.1. The van der Waals surface area contributed by atoms with Crippen molar-refractivity contribution in [3.63, 3.8) is 0 Å². The van der Waals surface area contributed by atoms with Crippen LogP contribution in [0.5, 0.6) is 0 Å². The molecule has 1 amide bonds. The van der Waals surface area contributed by atoms with E-state index in [0.29, 0.717) is 16.5 Å². The van der Waals surface area contributed by atoms with Crippen molar-refractivity contribution in [1.82, 2.24) is 14.6 Å². The molecule has 0 bridgehead atoms. The molecule has 17 heavy (non-hydrogen) atoms. The molecule has 0 saturated carbocycles. The first-order valence-corrected chi connectivity index (χ1v) is 6.15. The van der Waals surface area contributed by atoms with Gasteiger partial charge in [-0.3, -0.25) is 10.1 Å². The van der Waals surface area contributed by atoms with Crippen LogP contribution in [0.1, 0.15) is 23.1 Å². The summed E-state index contributed by atoms with van der Waals surface area (Å²) in [7, 11) is 0. The molecule has 2 heterocycles. The van der Waals surface area contributed by atoms with Gasteiger partial charge in [-0.05, 0) is 18.5 Å². The Morgan fingerprint density at radius 3 is 2.94 bits per heavy atom. The lowest BCUT2D eigenvalue weighted by Gasteiger charge is -1.96. The molecule has 0 aliphatic carbocycles. The zero-order chi connectivity index (χ0) is 12.3. The molecule has 9 heteroatoms. The SMILES string of the molecule is CC(=NO)c1csc(NC(=O)c2csnn2)n1. The van der Waals surface area contributed by atoms with Crippen LogP contribution in [-0.4, -0.2) is 31.4 Å². The van der Waals surface area contributed by atoms with Crippen LogP contribution in [-0.2, 0) is 0 Å². The van der Waals surface area contributed by atoms with E-state index >= 15 is 0 Å². The summed E-state index contributed by atoms with van der Waals surface area (Å²) in [6, 6.07) is 0. The molecule has 0 spiro atoms. The molecule has 2 aromatic heterocycles. The molecule has 0 atom stereocenters. The van der Waals surface area contributed by atoms with Crippen LogP contribution in [0, 0.1) is 0 Å². The van der Waals surface area contributed by atoms with Gasteiger partial charge < -0.3 is 5.21 Å². The lowest BCUT2D eigenvalue weighted by molar-refractivity contribution is 0.102. The summed E-state index contributed by atoms with van der Waals surface area (Å²) in [4.78, 5) is 15.7. The van der Waals surface area contributed by atoms with Gasteiger partial charge in [0.1, 0.15) is 11.4 Å². The molecular formula is C8H7N5O2S2. The number of anilines is 1. The lowest BCUT2D eigenvalue weighted by atomic mass is 10.3. The van der Waals surface area contributed by atoms with E-state index in [-0.39, 0.29) is 11.6 Å². The van der Waals surface area contributed by atoms with Gasteiger partial charge in [-0.1, -0.05) is 9.64 Å². The van der Waals surface area contributed by atoms with Gasteiger partial charge in [-0.25, -0.2) is 4.98 Å². The summed E-state index contributed by atoms with van der Waals surface area (Å²) < 4.78 is 3.59. The summed E-state index contributed by atoms with van der Waals surface area (Å²) in [6.07, 6.45) is 0.